The maximum Gasteiger partial charge on any atom is 0.237 e. The van der Waals surface area contributed by atoms with E-state index in [2.05, 4.69) is 22.3 Å². The van der Waals surface area contributed by atoms with Crippen molar-refractivity contribution in [3.05, 3.63) is 36.3 Å². The zero-order valence-electron chi connectivity index (χ0n) is 10.8. The molecule has 2 heterocycles. The van der Waals surface area contributed by atoms with Crippen molar-refractivity contribution in [2.75, 3.05) is 11.9 Å². The molecule has 2 aromatic heterocycles. The Morgan fingerprint density at radius 3 is 2.94 bits per heavy atom. The molecular weight excluding hydrogens is 228 g/mol. The Balaban J connectivity index is 2.06. The molecule has 0 saturated heterocycles. The lowest BCUT2D eigenvalue weighted by molar-refractivity contribution is 0.328. The molecule has 1 N–H and O–H groups in total. The van der Waals surface area contributed by atoms with Gasteiger partial charge in [0.05, 0.1) is 24.5 Å². The fourth-order valence-corrected chi connectivity index (χ4v) is 1.76. The van der Waals surface area contributed by atoms with Gasteiger partial charge in [-0.25, -0.2) is 4.98 Å². The van der Waals surface area contributed by atoms with Crippen molar-refractivity contribution in [1.29, 1.82) is 0 Å². The first-order valence-electron chi connectivity index (χ1n) is 6.17. The number of anilines is 1. The van der Waals surface area contributed by atoms with E-state index in [4.69, 9.17) is 4.74 Å². The van der Waals surface area contributed by atoms with Gasteiger partial charge >= 0.3 is 0 Å². The lowest BCUT2D eigenvalue weighted by Gasteiger charge is -2.11. The molecule has 0 unspecified atom stereocenters. The summed E-state index contributed by atoms with van der Waals surface area (Å²) in [5.74, 6) is 0.641. The molecule has 0 fully saturated rings. The van der Waals surface area contributed by atoms with Crippen LogP contribution in [0.4, 0.5) is 5.69 Å². The third-order valence-corrected chi connectivity index (χ3v) is 2.62. The predicted molar refractivity (Wildman–Crippen MR) is 70.6 cm³/mol. The van der Waals surface area contributed by atoms with Crippen molar-refractivity contribution in [3.63, 3.8) is 0 Å². The Bertz CT molecular complexity index is 495. The average Bonchev–Trinajstić information content (AvgIpc) is 2.85. The van der Waals surface area contributed by atoms with Crippen molar-refractivity contribution in [1.82, 2.24) is 14.8 Å². The first kappa shape index (κ1) is 12.4. The molecule has 0 atom stereocenters. The van der Waals surface area contributed by atoms with Crippen LogP contribution in [0.25, 0.3) is 0 Å². The number of aryl methyl sites for hydroxylation is 1. The summed E-state index contributed by atoms with van der Waals surface area (Å²) in [5.41, 5.74) is 2.05. The minimum absolute atomic E-state index is 0.610. The van der Waals surface area contributed by atoms with Crippen LogP contribution >= 0.6 is 0 Å². The molecule has 5 heteroatoms. The van der Waals surface area contributed by atoms with E-state index in [1.54, 1.807) is 6.20 Å². The van der Waals surface area contributed by atoms with Crippen molar-refractivity contribution < 1.29 is 4.74 Å². The second kappa shape index (κ2) is 6.05. The predicted octanol–water partition coefficient (Wildman–Crippen LogP) is 2.31. The van der Waals surface area contributed by atoms with Gasteiger partial charge in [0.15, 0.2) is 0 Å². The standard InChI is InChI=1S/C13H18N4O/c1-3-17-11(7-9-16-17)10-15-12-6-5-8-14-13(12)18-4-2/h5-9,15H,3-4,10H2,1-2H3. The summed E-state index contributed by atoms with van der Waals surface area (Å²) < 4.78 is 7.43. The lowest BCUT2D eigenvalue weighted by Crippen LogP contribution is -2.09. The van der Waals surface area contributed by atoms with Gasteiger partial charge in [0.25, 0.3) is 0 Å². The topological polar surface area (TPSA) is 52.0 Å². The normalized spacial score (nSPS) is 10.3. The zero-order chi connectivity index (χ0) is 12.8. The SMILES string of the molecule is CCOc1ncccc1NCc1ccnn1CC. The molecule has 5 nitrogen and oxygen atoms in total. The van der Waals surface area contributed by atoms with Crippen LogP contribution in [-0.2, 0) is 13.1 Å². The maximum atomic E-state index is 5.47. The van der Waals surface area contributed by atoms with Crippen molar-refractivity contribution in [3.8, 4) is 5.88 Å². The Morgan fingerprint density at radius 2 is 2.17 bits per heavy atom. The van der Waals surface area contributed by atoms with Gasteiger partial charge < -0.3 is 10.1 Å². The molecule has 0 saturated carbocycles. The van der Waals surface area contributed by atoms with Gasteiger partial charge in [0, 0.05) is 18.9 Å². The Morgan fingerprint density at radius 1 is 1.28 bits per heavy atom. The summed E-state index contributed by atoms with van der Waals surface area (Å²) in [4.78, 5) is 4.20. The summed E-state index contributed by atoms with van der Waals surface area (Å²) in [5, 5.41) is 7.56. The molecular formula is C13H18N4O. The van der Waals surface area contributed by atoms with Crippen LogP contribution < -0.4 is 10.1 Å². The second-order valence-corrected chi connectivity index (χ2v) is 3.78. The van der Waals surface area contributed by atoms with Crippen LogP contribution in [0, 0.1) is 0 Å². The van der Waals surface area contributed by atoms with Crippen LogP contribution in [0.2, 0.25) is 0 Å². The molecule has 0 aliphatic rings. The highest BCUT2D eigenvalue weighted by Crippen LogP contribution is 2.21. The largest absolute Gasteiger partial charge is 0.476 e. The van der Waals surface area contributed by atoms with E-state index >= 15 is 0 Å². The molecule has 2 aromatic rings. The number of nitrogens with zero attached hydrogens (tertiary/aromatic N) is 3. The molecule has 2 rings (SSSR count). The highest BCUT2D eigenvalue weighted by atomic mass is 16.5. The zero-order valence-corrected chi connectivity index (χ0v) is 10.8. The van der Waals surface area contributed by atoms with Gasteiger partial charge in [-0.05, 0) is 32.0 Å². The minimum atomic E-state index is 0.610. The van der Waals surface area contributed by atoms with Crippen LogP contribution in [0.5, 0.6) is 5.88 Å². The van der Waals surface area contributed by atoms with Gasteiger partial charge in [-0.15, -0.1) is 0 Å². The van der Waals surface area contributed by atoms with Gasteiger partial charge in [-0.3, -0.25) is 4.68 Å². The van der Waals surface area contributed by atoms with E-state index in [0.717, 1.165) is 17.9 Å². The molecule has 0 amide bonds. The quantitative estimate of drug-likeness (QED) is 0.849. The number of pyridine rings is 1. The van der Waals surface area contributed by atoms with E-state index in [0.29, 0.717) is 19.0 Å². The fraction of sp³-hybridized carbons (Fsp3) is 0.385. The van der Waals surface area contributed by atoms with Crippen LogP contribution in [0.1, 0.15) is 19.5 Å². The van der Waals surface area contributed by atoms with E-state index < -0.39 is 0 Å². The summed E-state index contributed by atoms with van der Waals surface area (Å²) in [6.07, 6.45) is 3.54. The highest BCUT2D eigenvalue weighted by molar-refractivity contribution is 5.52. The van der Waals surface area contributed by atoms with Crippen LogP contribution in [-0.4, -0.2) is 21.4 Å². The first-order chi connectivity index (χ1) is 8.85. The minimum Gasteiger partial charge on any atom is -0.476 e. The molecule has 18 heavy (non-hydrogen) atoms. The van der Waals surface area contributed by atoms with Crippen molar-refractivity contribution >= 4 is 5.69 Å². The van der Waals surface area contributed by atoms with Gasteiger partial charge in [0.1, 0.15) is 0 Å². The third kappa shape index (κ3) is 2.80. The van der Waals surface area contributed by atoms with Crippen LogP contribution in [0.15, 0.2) is 30.6 Å². The van der Waals surface area contributed by atoms with E-state index in [1.165, 1.54) is 0 Å². The number of hydrogen-bond donors (Lipinski definition) is 1. The van der Waals surface area contributed by atoms with Crippen LogP contribution in [0.3, 0.4) is 0 Å². The van der Waals surface area contributed by atoms with Crippen molar-refractivity contribution in [2.45, 2.75) is 26.9 Å². The Hall–Kier alpha value is -2.04. The third-order valence-electron chi connectivity index (χ3n) is 2.62. The molecule has 96 valence electrons. The molecule has 0 aromatic carbocycles. The summed E-state index contributed by atoms with van der Waals surface area (Å²) in [7, 11) is 0. The van der Waals surface area contributed by atoms with Gasteiger partial charge in [-0.2, -0.15) is 5.10 Å². The Labute approximate surface area is 107 Å². The Kier molecular flexibility index (Phi) is 4.17. The molecule has 0 radical (unpaired) electrons. The molecule has 0 aliphatic heterocycles. The highest BCUT2D eigenvalue weighted by Gasteiger charge is 2.05. The molecule has 0 spiro atoms. The maximum absolute atomic E-state index is 5.47. The summed E-state index contributed by atoms with van der Waals surface area (Å²) in [6, 6.07) is 5.86. The number of rotatable bonds is 6. The molecule has 0 bridgehead atoms. The van der Waals surface area contributed by atoms with E-state index in [1.807, 2.05) is 36.0 Å². The monoisotopic (exact) mass is 246 g/mol. The van der Waals surface area contributed by atoms with Gasteiger partial charge in [-0.1, -0.05) is 0 Å². The number of ether oxygens (including phenoxy) is 1. The van der Waals surface area contributed by atoms with E-state index in [-0.39, 0.29) is 0 Å². The number of hydrogen-bond acceptors (Lipinski definition) is 4. The first-order valence-corrected chi connectivity index (χ1v) is 6.17. The summed E-state index contributed by atoms with van der Waals surface area (Å²) >= 11 is 0. The van der Waals surface area contributed by atoms with E-state index in [9.17, 15) is 0 Å². The number of aromatic nitrogens is 3. The second-order valence-electron chi connectivity index (χ2n) is 3.78. The lowest BCUT2D eigenvalue weighted by atomic mass is 10.3. The molecule has 0 aliphatic carbocycles. The fourth-order valence-electron chi connectivity index (χ4n) is 1.76. The van der Waals surface area contributed by atoms with Crippen molar-refractivity contribution in [2.24, 2.45) is 0 Å². The smallest absolute Gasteiger partial charge is 0.237 e. The van der Waals surface area contributed by atoms with Gasteiger partial charge in [0.2, 0.25) is 5.88 Å². The summed E-state index contributed by atoms with van der Waals surface area (Å²) in [6.45, 7) is 6.21. The number of nitrogens with one attached hydrogen (secondary N) is 1. The average molecular weight is 246 g/mol.